The van der Waals surface area contributed by atoms with Crippen molar-refractivity contribution in [2.24, 2.45) is 5.73 Å². The van der Waals surface area contributed by atoms with Crippen molar-refractivity contribution in [3.05, 3.63) is 86.1 Å². The number of aromatic nitrogens is 1. The predicted molar refractivity (Wildman–Crippen MR) is 123 cm³/mol. The van der Waals surface area contributed by atoms with E-state index in [9.17, 15) is 9.18 Å². The summed E-state index contributed by atoms with van der Waals surface area (Å²) in [6, 6.07) is 12.8. The topological polar surface area (TPSA) is 65.2 Å². The Hall–Kier alpha value is -2.28. The summed E-state index contributed by atoms with van der Waals surface area (Å²) >= 11 is 7.62. The number of hydrogen-bond donors (Lipinski definition) is 1. The molecule has 0 unspecified atom stereocenters. The molecule has 0 spiro atoms. The molecule has 0 saturated heterocycles. The molecule has 7 heteroatoms. The van der Waals surface area contributed by atoms with Crippen molar-refractivity contribution in [2.75, 3.05) is 6.61 Å². The van der Waals surface area contributed by atoms with Crippen LogP contribution in [0.4, 0.5) is 4.39 Å². The summed E-state index contributed by atoms with van der Waals surface area (Å²) in [5.74, 6) is -0.718. The maximum Gasteiger partial charge on any atom is 0.243 e. The van der Waals surface area contributed by atoms with Crippen molar-refractivity contribution in [2.45, 2.75) is 45.1 Å². The second kappa shape index (κ2) is 11.9. The van der Waals surface area contributed by atoms with Crippen LogP contribution in [-0.2, 0) is 35.4 Å². The smallest absolute Gasteiger partial charge is 0.243 e. The number of benzene rings is 2. The van der Waals surface area contributed by atoms with Crippen molar-refractivity contribution in [1.29, 1.82) is 0 Å². The van der Waals surface area contributed by atoms with Crippen LogP contribution in [0.3, 0.4) is 0 Å². The molecule has 3 aromatic rings. The average Bonchev–Trinajstić information content (AvgIpc) is 3.18. The lowest BCUT2D eigenvalue weighted by atomic mass is 10.0. The highest BCUT2D eigenvalue weighted by atomic mass is 35.5. The Morgan fingerprint density at radius 1 is 1.06 bits per heavy atom. The molecule has 1 heterocycles. The van der Waals surface area contributed by atoms with Gasteiger partial charge in [-0.15, -0.1) is 11.3 Å². The number of amides is 1. The Bertz CT molecular complexity index is 991. The number of nitrogens with zero attached hydrogens (tertiary/aromatic N) is 1. The van der Waals surface area contributed by atoms with E-state index in [-0.39, 0.29) is 19.0 Å². The first-order chi connectivity index (χ1) is 15.0. The Balaban J connectivity index is 1.39. The molecule has 3 rings (SSSR count). The first kappa shape index (κ1) is 23.4. The van der Waals surface area contributed by atoms with Gasteiger partial charge in [0.15, 0.2) is 0 Å². The summed E-state index contributed by atoms with van der Waals surface area (Å²) in [7, 11) is 0. The number of ether oxygens (including phenoxy) is 1. The number of aryl methyl sites for hydroxylation is 2. The predicted octanol–water partition coefficient (Wildman–Crippen LogP) is 5.48. The minimum Gasteiger partial charge on any atom is -0.368 e. The maximum atomic E-state index is 14.1. The van der Waals surface area contributed by atoms with Gasteiger partial charge in [-0.25, -0.2) is 9.37 Å². The summed E-state index contributed by atoms with van der Waals surface area (Å²) in [6.45, 7) is 0.114. The third kappa shape index (κ3) is 8.05. The fraction of sp³-hybridized carbons (Fsp3) is 0.333. The molecule has 0 saturated carbocycles. The highest BCUT2D eigenvalue weighted by Gasteiger charge is 2.07. The maximum absolute atomic E-state index is 14.1. The number of carbonyl (C=O) groups excluding carboxylic acids is 1. The van der Waals surface area contributed by atoms with E-state index in [0.29, 0.717) is 12.0 Å². The van der Waals surface area contributed by atoms with Gasteiger partial charge in [-0.3, -0.25) is 4.79 Å². The fourth-order valence-electron chi connectivity index (χ4n) is 3.30. The summed E-state index contributed by atoms with van der Waals surface area (Å²) in [6.07, 6.45) is 5.36. The largest absolute Gasteiger partial charge is 0.368 e. The number of thiazole rings is 1. The van der Waals surface area contributed by atoms with Crippen molar-refractivity contribution in [3.8, 4) is 0 Å². The van der Waals surface area contributed by atoms with E-state index in [4.69, 9.17) is 27.1 Å². The highest BCUT2D eigenvalue weighted by Crippen LogP contribution is 2.19. The molecule has 0 bridgehead atoms. The van der Waals surface area contributed by atoms with Crippen LogP contribution in [0, 0.1) is 5.82 Å². The van der Waals surface area contributed by atoms with Gasteiger partial charge in [0.25, 0.3) is 0 Å². The zero-order valence-corrected chi connectivity index (χ0v) is 18.9. The molecule has 2 N–H and O–H groups in total. The molecule has 4 nitrogen and oxygen atoms in total. The van der Waals surface area contributed by atoms with Crippen LogP contribution in [0.25, 0.3) is 0 Å². The molecule has 0 fully saturated rings. The summed E-state index contributed by atoms with van der Waals surface area (Å²) < 4.78 is 19.3. The van der Waals surface area contributed by atoms with Crippen molar-refractivity contribution in [1.82, 2.24) is 4.98 Å². The normalized spacial score (nSPS) is 11.0. The molecule has 164 valence electrons. The van der Waals surface area contributed by atoms with Crippen molar-refractivity contribution >= 4 is 28.8 Å². The van der Waals surface area contributed by atoms with E-state index in [1.807, 2.05) is 24.3 Å². The van der Waals surface area contributed by atoms with Crippen LogP contribution in [-0.4, -0.2) is 17.5 Å². The molecule has 0 aliphatic rings. The van der Waals surface area contributed by atoms with Gasteiger partial charge in [-0.05, 0) is 60.6 Å². The molecule has 1 aromatic heterocycles. The Morgan fingerprint density at radius 2 is 1.81 bits per heavy atom. The molecule has 0 aliphatic heterocycles. The molecular weight excluding hydrogens is 435 g/mol. The van der Waals surface area contributed by atoms with Gasteiger partial charge in [0, 0.05) is 16.8 Å². The van der Waals surface area contributed by atoms with Gasteiger partial charge in [-0.1, -0.05) is 42.3 Å². The molecule has 31 heavy (non-hydrogen) atoms. The van der Waals surface area contributed by atoms with Crippen molar-refractivity contribution < 1.29 is 13.9 Å². The van der Waals surface area contributed by atoms with Crippen LogP contribution < -0.4 is 5.73 Å². The van der Waals surface area contributed by atoms with Crippen LogP contribution in [0.1, 0.15) is 46.7 Å². The van der Waals surface area contributed by atoms with E-state index >= 15 is 0 Å². The van der Waals surface area contributed by atoms with Gasteiger partial charge in [0.1, 0.15) is 12.4 Å². The molecule has 2 aromatic carbocycles. The summed E-state index contributed by atoms with van der Waals surface area (Å²) in [5, 5.41) is 3.97. The lowest BCUT2D eigenvalue weighted by molar-refractivity contribution is -0.122. The van der Waals surface area contributed by atoms with Gasteiger partial charge in [0.05, 0.1) is 17.3 Å². The summed E-state index contributed by atoms with van der Waals surface area (Å²) in [4.78, 5) is 15.5. The number of nitrogens with two attached hydrogens (primary N) is 1. The second-order valence-electron chi connectivity index (χ2n) is 7.48. The van der Waals surface area contributed by atoms with E-state index < -0.39 is 5.91 Å². The first-order valence-electron chi connectivity index (χ1n) is 10.3. The monoisotopic (exact) mass is 460 g/mol. The molecule has 1 amide bonds. The van der Waals surface area contributed by atoms with Crippen molar-refractivity contribution in [3.63, 3.8) is 0 Å². The standard InChI is InChI=1S/C24H26ClFN2O2S/c25-20-9-6-17(7-10-20)13-24-28-21(16-31-24)5-3-1-2-4-19-12-18(8-11-22(19)26)14-30-15-23(27)29/h6-12,16H,1-5,13-15H2,(H2,27,29). The van der Waals surface area contributed by atoms with E-state index in [2.05, 4.69) is 5.38 Å². The van der Waals surface area contributed by atoms with Gasteiger partial charge >= 0.3 is 0 Å². The number of hydrogen-bond acceptors (Lipinski definition) is 4. The highest BCUT2D eigenvalue weighted by molar-refractivity contribution is 7.09. The lowest BCUT2D eigenvalue weighted by Crippen LogP contribution is -2.17. The number of carbonyl (C=O) groups is 1. The van der Waals surface area contributed by atoms with Crippen LogP contribution in [0.2, 0.25) is 5.02 Å². The zero-order valence-electron chi connectivity index (χ0n) is 17.3. The number of halogens is 2. The first-order valence-corrected chi connectivity index (χ1v) is 11.6. The van der Waals surface area contributed by atoms with Gasteiger partial charge in [0.2, 0.25) is 5.91 Å². The molecule has 0 radical (unpaired) electrons. The number of primary amides is 1. The van der Waals surface area contributed by atoms with Gasteiger partial charge < -0.3 is 10.5 Å². The summed E-state index contributed by atoms with van der Waals surface area (Å²) in [5.41, 5.74) is 8.90. The third-order valence-electron chi connectivity index (χ3n) is 4.87. The van der Waals surface area contributed by atoms with E-state index in [1.54, 1.807) is 23.5 Å². The number of unbranched alkanes of at least 4 members (excludes halogenated alkanes) is 2. The quantitative estimate of drug-likeness (QED) is 0.364. The Kier molecular flexibility index (Phi) is 9.00. The SMILES string of the molecule is NC(=O)COCc1ccc(F)c(CCCCCc2csc(Cc3ccc(Cl)cc3)n2)c1. The Morgan fingerprint density at radius 3 is 2.58 bits per heavy atom. The minimum atomic E-state index is -0.514. The van der Waals surface area contributed by atoms with Crippen LogP contribution >= 0.6 is 22.9 Å². The van der Waals surface area contributed by atoms with Gasteiger partial charge in [-0.2, -0.15) is 0 Å². The van der Waals surface area contributed by atoms with E-state index in [1.165, 1.54) is 11.6 Å². The van der Waals surface area contributed by atoms with E-state index in [0.717, 1.165) is 53.4 Å². The molecular formula is C24H26ClFN2O2S. The Labute approximate surface area is 191 Å². The zero-order chi connectivity index (χ0) is 22.1. The average molecular weight is 461 g/mol. The number of rotatable bonds is 12. The third-order valence-corrected chi connectivity index (χ3v) is 6.02. The molecule has 0 atom stereocenters. The van der Waals surface area contributed by atoms with Crippen LogP contribution in [0.15, 0.2) is 47.8 Å². The van der Waals surface area contributed by atoms with Crippen LogP contribution in [0.5, 0.6) is 0 Å². The fourth-order valence-corrected chi connectivity index (χ4v) is 4.29. The lowest BCUT2D eigenvalue weighted by Gasteiger charge is -2.07. The molecule has 0 aliphatic carbocycles. The minimum absolute atomic E-state index is 0.134. The second-order valence-corrected chi connectivity index (χ2v) is 8.86.